The van der Waals surface area contributed by atoms with E-state index in [4.69, 9.17) is 4.74 Å². The number of rotatable bonds is 9. The van der Waals surface area contributed by atoms with Gasteiger partial charge in [0.1, 0.15) is 12.4 Å². The van der Waals surface area contributed by atoms with Gasteiger partial charge in [-0.05, 0) is 69.5 Å². The van der Waals surface area contributed by atoms with Crippen molar-refractivity contribution in [3.8, 4) is 5.75 Å². The fourth-order valence-electron chi connectivity index (χ4n) is 2.28. The zero-order valence-electron chi connectivity index (χ0n) is 15.3. The number of tetrazole rings is 1. The van der Waals surface area contributed by atoms with Crippen LogP contribution in [0.4, 0.5) is 0 Å². The Kier molecular flexibility index (Phi) is 6.88. The Bertz CT molecular complexity index is 683. The lowest BCUT2D eigenvalue weighted by Crippen LogP contribution is -2.27. The third-order valence-electron chi connectivity index (χ3n) is 3.58. The van der Waals surface area contributed by atoms with E-state index < -0.39 is 0 Å². The van der Waals surface area contributed by atoms with E-state index in [0.29, 0.717) is 23.7 Å². The van der Waals surface area contributed by atoms with Gasteiger partial charge in [0, 0.05) is 12.1 Å². The number of carbonyl (C=O) groups excluding carboxylic acids is 1. The number of benzene rings is 1. The highest BCUT2D eigenvalue weighted by molar-refractivity contribution is 5.94. The Morgan fingerprint density at radius 1 is 1.36 bits per heavy atom. The van der Waals surface area contributed by atoms with Crippen LogP contribution in [-0.2, 0) is 6.61 Å². The Morgan fingerprint density at radius 3 is 2.88 bits per heavy atom. The van der Waals surface area contributed by atoms with Gasteiger partial charge in [-0.25, -0.2) is 4.68 Å². The Balaban J connectivity index is 1.90. The van der Waals surface area contributed by atoms with E-state index >= 15 is 0 Å². The third kappa shape index (κ3) is 5.82. The van der Waals surface area contributed by atoms with Crippen LogP contribution in [0.2, 0.25) is 0 Å². The van der Waals surface area contributed by atoms with Gasteiger partial charge in [0.2, 0.25) is 0 Å². The summed E-state index contributed by atoms with van der Waals surface area (Å²) >= 11 is 0. The summed E-state index contributed by atoms with van der Waals surface area (Å²) in [6, 6.07) is 7.27. The standard InChI is InChI=1S/C17H26N6O2/c1-13(2)23-16(19-20-21-23)12-25-15-8-5-7-14(11-15)17(24)18-9-6-10-22(3)4/h5,7-8,11,13H,6,9-10,12H2,1-4H3,(H,18,24). The molecule has 0 aliphatic carbocycles. The highest BCUT2D eigenvalue weighted by Crippen LogP contribution is 2.15. The van der Waals surface area contributed by atoms with Crippen molar-refractivity contribution < 1.29 is 9.53 Å². The third-order valence-corrected chi connectivity index (χ3v) is 3.58. The van der Waals surface area contributed by atoms with Crippen LogP contribution in [0.15, 0.2) is 24.3 Å². The number of aromatic nitrogens is 4. The monoisotopic (exact) mass is 346 g/mol. The van der Waals surface area contributed by atoms with Gasteiger partial charge in [0.25, 0.3) is 5.91 Å². The molecular weight excluding hydrogens is 320 g/mol. The molecule has 0 saturated carbocycles. The van der Waals surface area contributed by atoms with Crippen LogP contribution in [0.3, 0.4) is 0 Å². The average Bonchev–Trinajstić information content (AvgIpc) is 3.05. The molecule has 1 N–H and O–H groups in total. The highest BCUT2D eigenvalue weighted by atomic mass is 16.5. The quantitative estimate of drug-likeness (QED) is 0.693. The SMILES string of the molecule is CC(C)n1nnnc1COc1cccc(C(=O)NCCCN(C)C)c1. The van der Waals surface area contributed by atoms with Crippen LogP contribution in [-0.4, -0.2) is 58.2 Å². The predicted molar refractivity (Wildman–Crippen MR) is 94.5 cm³/mol. The second kappa shape index (κ2) is 9.12. The maximum atomic E-state index is 12.2. The number of hydrogen-bond acceptors (Lipinski definition) is 6. The minimum absolute atomic E-state index is 0.101. The molecule has 2 rings (SSSR count). The van der Waals surface area contributed by atoms with Crippen molar-refractivity contribution in [1.29, 1.82) is 0 Å². The summed E-state index contributed by atoms with van der Waals surface area (Å²) in [5, 5.41) is 14.5. The van der Waals surface area contributed by atoms with Gasteiger partial charge >= 0.3 is 0 Å². The molecule has 8 nitrogen and oxygen atoms in total. The smallest absolute Gasteiger partial charge is 0.251 e. The summed E-state index contributed by atoms with van der Waals surface area (Å²) in [4.78, 5) is 14.3. The lowest BCUT2D eigenvalue weighted by molar-refractivity contribution is 0.0952. The van der Waals surface area contributed by atoms with E-state index in [0.717, 1.165) is 13.0 Å². The summed E-state index contributed by atoms with van der Waals surface area (Å²) in [6.45, 7) is 5.83. The summed E-state index contributed by atoms with van der Waals surface area (Å²) in [5.74, 6) is 1.16. The van der Waals surface area contributed by atoms with Gasteiger partial charge in [0.15, 0.2) is 5.82 Å². The Labute approximate surface area is 148 Å². The van der Waals surface area contributed by atoms with E-state index in [1.165, 1.54) is 0 Å². The molecule has 25 heavy (non-hydrogen) atoms. The fraction of sp³-hybridized carbons (Fsp3) is 0.529. The summed E-state index contributed by atoms with van der Waals surface area (Å²) in [6.07, 6.45) is 0.910. The Morgan fingerprint density at radius 2 is 2.16 bits per heavy atom. The van der Waals surface area contributed by atoms with E-state index in [9.17, 15) is 4.79 Å². The molecule has 0 aliphatic rings. The molecule has 1 aromatic carbocycles. The van der Waals surface area contributed by atoms with Gasteiger partial charge in [-0.15, -0.1) is 5.10 Å². The number of ether oxygens (including phenoxy) is 1. The van der Waals surface area contributed by atoms with Crippen molar-refractivity contribution in [2.45, 2.75) is 32.9 Å². The first-order chi connectivity index (χ1) is 12.0. The topological polar surface area (TPSA) is 85.2 Å². The van der Waals surface area contributed by atoms with Crippen molar-refractivity contribution in [1.82, 2.24) is 30.4 Å². The van der Waals surface area contributed by atoms with Crippen molar-refractivity contribution in [2.24, 2.45) is 0 Å². The summed E-state index contributed by atoms with van der Waals surface area (Å²) in [5.41, 5.74) is 0.575. The number of nitrogens with one attached hydrogen (secondary N) is 1. The Hall–Kier alpha value is -2.48. The van der Waals surface area contributed by atoms with E-state index in [2.05, 4.69) is 25.7 Å². The van der Waals surface area contributed by atoms with E-state index in [1.54, 1.807) is 22.9 Å². The average molecular weight is 346 g/mol. The zero-order valence-corrected chi connectivity index (χ0v) is 15.3. The molecule has 2 aromatic rings. The van der Waals surface area contributed by atoms with Gasteiger partial charge in [-0.1, -0.05) is 6.07 Å². The largest absolute Gasteiger partial charge is 0.486 e. The van der Waals surface area contributed by atoms with Crippen molar-refractivity contribution in [3.63, 3.8) is 0 Å². The van der Waals surface area contributed by atoms with Gasteiger partial charge in [-0.2, -0.15) is 0 Å². The number of nitrogens with zero attached hydrogens (tertiary/aromatic N) is 5. The lowest BCUT2D eigenvalue weighted by atomic mass is 10.2. The van der Waals surface area contributed by atoms with Crippen molar-refractivity contribution in [3.05, 3.63) is 35.7 Å². The fourth-order valence-corrected chi connectivity index (χ4v) is 2.28. The summed E-state index contributed by atoms with van der Waals surface area (Å²) in [7, 11) is 4.02. The summed E-state index contributed by atoms with van der Waals surface area (Å²) < 4.78 is 7.45. The first kappa shape index (κ1) is 18.9. The number of amides is 1. The number of carbonyl (C=O) groups is 1. The van der Waals surface area contributed by atoms with E-state index in [1.807, 2.05) is 34.0 Å². The van der Waals surface area contributed by atoms with Crippen LogP contribution >= 0.6 is 0 Å². The minimum atomic E-state index is -0.101. The highest BCUT2D eigenvalue weighted by Gasteiger charge is 2.11. The van der Waals surface area contributed by atoms with Crippen LogP contribution in [0.5, 0.6) is 5.75 Å². The molecule has 8 heteroatoms. The molecule has 0 atom stereocenters. The molecule has 0 aliphatic heterocycles. The second-order valence-electron chi connectivity index (χ2n) is 6.36. The maximum Gasteiger partial charge on any atom is 0.251 e. The molecule has 0 unspecified atom stereocenters. The molecule has 1 amide bonds. The molecule has 0 radical (unpaired) electrons. The van der Waals surface area contributed by atoms with Crippen LogP contribution in [0.25, 0.3) is 0 Å². The van der Waals surface area contributed by atoms with Gasteiger partial charge in [0.05, 0.1) is 6.04 Å². The second-order valence-corrected chi connectivity index (χ2v) is 6.36. The molecular formula is C17H26N6O2. The van der Waals surface area contributed by atoms with Gasteiger partial charge in [-0.3, -0.25) is 4.79 Å². The lowest BCUT2D eigenvalue weighted by Gasteiger charge is -2.11. The number of hydrogen-bond donors (Lipinski definition) is 1. The normalized spacial score (nSPS) is 11.1. The molecule has 1 heterocycles. The molecule has 0 bridgehead atoms. The van der Waals surface area contributed by atoms with Gasteiger partial charge < -0.3 is 15.0 Å². The first-order valence-corrected chi connectivity index (χ1v) is 8.40. The zero-order chi connectivity index (χ0) is 18.2. The van der Waals surface area contributed by atoms with Crippen LogP contribution in [0, 0.1) is 0 Å². The van der Waals surface area contributed by atoms with Crippen LogP contribution in [0.1, 0.15) is 42.5 Å². The molecule has 1 aromatic heterocycles. The molecule has 0 saturated heterocycles. The molecule has 0 spiro atoms. The predicted octanol–water partition coefficient (Wildman–Crippen LogP) is 1.51. The first-order valence-electron chi connectivity index (χ1n) is 8.40. The van der Waals surface area contributed by atoms with E-state index in [-0.39, 0.29) is 18.6 Å². The van der Waals surface area contributed by atoms with Crippen molar-refractivity contribution in [2.75, 3.05) is 27.2 Å². The molecule has 136 valence electrons. The maximum absolute atomic E-state index is 12.2. The van der Waals surface area contributed by atoms with Crippen LogP contribution < -0.4 is 10.1 Å². The minimum Gasteiger partial charge on any atom is -0.486 e. The molecule has 0 fully saturated rings. The van der Waals surface area contributed by atoms with Crippen molar-refractivity contribution >= 4 is 5.91 Å².